The number of hydrogen-bond donors (Lipinski definition) is 1. The van der Waals surface area contributed by atoms with Gasteiger partial charge in [-0.25, -0.2) is 4.79 Å². The zero-order chi connectivity index (χ0) is 27.5. The molecule has 0 spiro atoms. The molecule has 2 heterocycles. The lowest BCUT2D eigenvalue weighted by Crippen LogP contribution is -2.02. The summed E-state index contributed by atoms with van der Waals surface area (Å²) in [6, 6.07) is 12.0. The molecular formula is C28H22Cl3N3O5. The number of carboxylic acids is 1. The van der Waals surface area contributed by atoms with Crippen molar-refractivity contribution < 1.29 is 24.0 Å². The van der Waals surface area contributed by atoms with Crippen LogP contribution in [0.2, 0.25) is 15.1 Å². The lowest BCUT2D eigenvalue weighted by atomic mass is 10.0. The Morgan fingerprint density at radius 3 is 2.54 bits per heavy atom. The first-order valence-corrected chi connectivity index (χ1v) is 13.1. The predicted octanol–water partition coefficient (Wildman–Crippen LogP) is 7.79. The second kappa shape index (κ2) is 11.7. The number of rotatable bonds is 10. The van der Waals surface area contributed by atoms with Gasteiger partial charge in [0.2, 0.25) is 0 Å². The summed E-state index contributed by atoms with van der Waals surface area (Å²) in [5, 5.41) is 18.9. The topological polar surface area (TPSA) is 107 Å². The number of benzene rings is 2. The van der Waals surface area contributed by atoms with Gasteiger partial charge in [0.25, 0.3) is 0 Å². The van der Waals surface area contributed by atoms with Gasteiger partial charge in [0, 0.05) is 35.0 Å². The van der Waals surface area contributed by atoms with Crippen molar-refractivity contribution in [3.63, 3.8) is 0 Å². The highest BCUT2D eigenvalue weighted by Crippen LogP contribution is 2.46. The first-order chi connectivity index (χ1) is 18.8. The lowest BCUT2D eigenvalue weighted by Gasteiger charge is -2.11. The van der Waals surface area contributed by atoms with Gasteiger partial charge in [-0.15, -0.1) is 0 Å². The van der Waals surface area contributed by atoms with Gasteiger partial charge in [-0.1, -0.05) is 51.2 Å². The average molecular weight is 587 g/mol. The van der Waals surface area contributed by atoms with Crippen molar-refractivity contribution in [2.24, 2.45) is 5.16 Å². The van der Waals surface area contributed by atoms with Crippen LogP contribution in [0.5, 0.6) is 5.75 Å². The highest BCUT2D eigenvalue weighted by Gasteiger charge is 2.33. The smallest absolute Gasteiger partial charge is 0.337 e. The van der Waals surface area contributed by atoms with Gasteiger partial charge < -0.3 is 19.2 Å². The maximum atomic E-state index is 11.1. The monoisotopic (exact) mass is 585 g/mol. The third-order valence-electron chi connectivity index (χ3n) is 6.15. The first-order valence-electron chi connectivity index (χ1n) is 12.0. The molecule has 8 nitrogen and oxygen atoms in total. The maximum Gasteiger partial charge on any atom is 0.337 e. The normalized spacial score (nSPS) is 13.4. The number of pyridine rings is 1. The van der Waals surface area contributed by atoms with Gasteiger partial charge in [0.15, 0.2) is 0 Å². The number of aromatic nitrogens is 2. The Kier molecular flexibility index (Phi) is 8.07. The van der Waals surface area contributed by atoms with Gasteiger partial charge in [-0.2, -0.15) is 0 Å². The fourth-order valence-corrected chi connectivity index (χ4v) is 4.90. The summed E-state index contributed by atoms with van der Waals surface area (Å²) < 4.78 is 11.8. The van der Waals surface area contributed by atoms with E-state index in [1.54, 1.807) is 43.3 Å². The molecule has 0 saturated heterocycles. The predicted molar refractivity (Wildman–Crippen MR) is 148 cm³/mol. The quantitative estimate of drug-likeness (QED) is 0.149. The molecule has 0 aliphatic heterocycles. The zero-order valence-electron chi connectivity index (χ0n) is 20.7. The van der Waals surface area contributed by atoms with Gasteiger partial charge in [0.1, 0.15) is 30.4 Å². The molecule has 1 saturated carbocycles. The molecule has 4 aromatic rings. The summed E-state index contributed by atoms with van der Waals surface area (Å²) in [4.78, 5) is 20.4. The summed E-state index contributed by atoms with van der Waals surface area (Å²) in [5.74, 6) is 0.578. The Bertz CT molecular complexity index is 1550. The van der Waals surface area contributed by atoms with Crippen molar-refractivity contribution >= 4 is 46.5 Å². The van der Waals surface area contributed by atoms with E-state index in [0.717, 1.165) is 24.2 Å². The molecule has 1 aliphatic rings. The SMILES string of the molecule is C/C(=N\OCc1cncc(C(=O)O)c1)c1ccc(OCc2c(-c3c(Cl)cccc3Cl)noc2C2CC2)cc1Cl. The maximum absolute atomic E-state index is 11.1. The highest BCUT2D eigenvalue weighted by atomic mass is 35.5. The number of hydrogen-bond acceptors (Lipinski definition) is 7. The van der Waals surface area contributed by atoms with Crippen molar-refractivity contribution in [1.82, 2.24) is 10.1 Å². The molecule has 1 N–H and O–H groups in total. The number of carboxylic acid groups (broad SMARTS) is 1. The van der Waals surface area contributed by atoms with E-state index in [4.69, 9.17) is 54.0 Å². The van der Waals surface area contributed by atoms with E-state index >= 15 is 0 Å². The van der Waals surface area contributed by atoms with Crippen molar-refractivity contribution in [3.05, 3.63) is 97.9 Å². The third kappa shape index (κ3) is 6.19. The van der Waals surface area contributed by atoms with E-state index in [1.165, 1.54) is 18.5 Å². The molecule has 1 aliphatic carbocycles. The minimum absolute atomic E-state index is 0.0596. The van der Waals surface area contributed by atoms with Crippen LogP contribution in [0.25, 0.3) is 11.3 Å². The van der Waals surface area contributed by atoms with E-state index in [-0.39, 0.29) is 18.8 Å². The van der Waals surface area contributed by atoms with Gasteiger partial charge in [-0.3, -0.25) is 4.98 Å². The van der Waals surface area contributed by atoms with Crippen molar-refractivity contribution in [2.45, 2.75) is 38.9 Å². The summed E-state index contributed by atoms with van der Waals surface area (Å²) in [6.45, 7) is 2.01. The van der Waals surface area contributed by atoms with Crippen LogP contribution in [0.3, 0.4) is 0 Å². The number of aromatic carboxylic acids is 1. The van der Waals surface area contributed by atoms with Crippen LogP contribution in [-0.2, 0) is 18.1 Å². The molecule has 0 bridgehead atoms. The molecule has 11 heteroatoms. The zero-order valence-corrected chi connectivity index (χ0v) is 22.9. The Labute approximate surface area is 239 Å². The summed E-state index contributed by atoms with van der Waals surface area (Å²) in [7, 11) is 0. The first kappa shape index (κ1) is 27.0. The molecule has 200 valence electrons. The Morgan fingerprint density at radius 1 is 1.08 bits per heavy atom. The van der Waals surface area contributed by atoms with E-state index in [1.807, 2.05) is 0 Å². The molecule has 39 heavy (non-hydrogen) atoms. The van der Waals surface area contributed by atoms with Gasteiger partial charge >= 0.3 is 5.97 Å². The Balaban J connectivity index is 1.29. The van der Waals surface area contributed by atoms with Crippen LogP contribution < -0.4 is 4.74 Å². The standard InChI is InChI=1S/C28H22Cl3N3O5/c1-15(33-38-13-16-9-18(28(35)36)12-32-11-16)20-8-7-19(10-24(20)31)37-14-21-26(34-39-27(21)17-5-6-17)25-22(29)3-2-4-23(25)30/h2-4,7-12,17H,5-6,13-14H2,1H3,(H,35,36)/b33-15+. The van der Waals surface area contributed by atoms with Crippen LogP contribution in [0, 0.1) is 0 Å². The van der Waals surface area contributed by atoms with Crippen LogP contribution >= 0.6 is 34.8 Å². The van der Waals surface area contributed by atoms with E-state index in [0.29, 0.717) is 54.8 Å². The molecule has 1 fully saturated rings. The summed E-state index contributed by atoms with van der Waals surface area (Å²) >= 11 is 19.4. The number of halogens is 3. The number of ether oxygens (including phenoxy) is 1. The van der Waals surface area contributed by atoms with Crippen molar-refractivity contribution in [3.8, 4) is 17.0 Å². The number of nitrogens with zero attached hydrogens (tertiary/aromatic N) is 3. The van der Waals surface area contributed by atoms with Gasteiger partial charge in [0.05, 0.1) is 31.9 Å². The molecular weight excluding hydrogens is 565 g/mol. The fraction of sp³-hybridized carbons (Fsp3) is 0.214. The Hall–Kier alpha value is -3.59. The van der Waals surface area contributed by atoms with E-state index in [2.05, 4.69) is 15.3 Å². The lowest BCUT2D eigenvalue weighted by molar-refractivity contribution is 0.0695. The fourth-order valence-electron chi connectivity index (χ4n) is 4.02. The molecule has 5 rings (SSSR count). The van der Waals surface area contributed by atoms with Crippen LogP contribution in [0.1, 0.15) is 58.5 Å². The second-order valence-electron chi connectivity index (χ2n) is 9.01. The molecule has 2 aromatic heterocycles. The van der Waals surface area contributed by atoms with Crippen molar-refractivity contribution in [1.29, 1.82) is 0 Å². The van der Waals surface area contributed by atoms with Crippen LogP contribution in [0.15, 0.2) is 64.5 Å². The Morgan fingerprint density at radius 2 is 1.85 bits per heavy atom. The minimum Gasteiger partial charge on any atom is -0.489 e. The minimum atomic E-state index is -1.06. The third-order valence-corrected chi connectivity index (χ3v) is 7.10. The largest absolute Gasteiger partial charge is 0.489 e. The molecule has 0 unspecified atom stereocenters. The second-order valence-corrected chi connectivity index (χ2v) is 10.2. The summed E-state index contributed by atoms with van der Waals surface area (Å²) in [5.41, 5.74) is 3.85. The van der Waals surface area contributed by atoms with Crippen molar-refractivity contribution in [2.75, 3.05) is 0 Å². The highest BCUT2D eigenvalue weighted by molar-refractivity contribution is 6.39. The van der Waals surface area contributed by atoms with Crippen LogP contribution in [-0.4, -0.2) is 26.9 Å². The average Bonchev–Trinajstić information content (AvgIpc) is 3.67. The van der Waals surface area contributed by atoms with Gasteiger partial charge in [-0.05, 0) is 56.2 Å². The number of oxime groups is 1. The van der Waals surface area contributed by atoms with E-state index < -0.39 is 5.97 Å². The number of carbonyl (C=O) groups is 1. The molecule has 0 radical (unpaired) electrons. The molecule has 0 amide bonds. The summed E-state index contributed by atoms with van der Waals surface area (Å²) in [6.07, 6.45) is 4.85. The molecule has 2 aromatic carbocycles. The molecule has 0 atom stereocenters. The van der Waals surface area contributed by atoms with E-state index in [9.17, 15) is 4.79 Å². The van der Waals surface area contributed by atoms with Crippen LogP contribution in [0.4, 0.5) is 0 Å².